The second kappa shape index (κ2) is 25.7. The quantitative estimate of drug-likeness (QED) is 0.0509. The van der Waals surface area contributed by atoms with Crippen molar-refractivity contribution in [1.29, 1.82) is 0 Å². The van der Waals surface area contributed by atoms with Crippen LogP contribution < -0.4 is 4.74 Å². The molecule has 0 aliphatic carbocycles. The second-order valence-electron chi connectivity index (χ2n) is 19.1. The molecule has 2 heterocycles. The number of carbonyl (C=O) groups excluding carboxylic acids is 7. The monoisotopic (exact) mass is 1120 g/mol. The van der Waals surface area contributed by atoms with Crippen LogP contribution >= 0.6 is 0 Å². The second-order valence-corrected chi connectivity index (χ2v) is 19.1. The zero-order valence-electron chi connectivity index (χ0n) is 44.2. The van der Waals surface area contributed by atoms with Gasteiger partial charge in [-0.2, -0.15) is 0 Å². The summed E-state index contributed by atoms with van der Waals surface area (Å²) in [5.41, 5.74) is -2.04. The molecule has 0 unspecified atom stereocenters. The lowest BCUT2D eigenvalue weighted by atomic mass is 9.79. The van der Waals surface area contributed by atoms with Gasteiger partial charge in [0.2, 0.25) is 11.9 Å². The fraction of sp³-hybridized carbons (Fsp3) is 0.185. The van der Waals surface area contributed by atoms with Crippen molar-refractivity contribution in [2.75, 3.05) is 13.2 Å². The number of esters is 7. The summed E-state index contributed by atoms with van der Waals surface area (Å²) in [6.07, 6.45) is -15.0. The van der Waals surface area contributed by atoms with E-state index in [1.165, 1.54) is 72.8 Å². The third kappa shape index (κ3) is 12.9. The molecule has 0 bridgehead atoms. The van der Waals surface area contributed by atoms with Gasteiger partial charge in [-0.25, -0.2) is 28.8 Å². The molecule has 0 radical (unpaired) electrons. The average molecular weight is 1120 g/mol. The first-order valence-electron chi connectivity index (χ1n) is 26.2. The predicted octanol–water partition coefficient (Wildman–Crippen LogP) is 9.04. The summed E-state index contributed by atoms with van der Waals surface area (Å²) in [4.78, 5) is 98.4. The van der Waals surface area contributed by atoms with Crippen LogP contribution in [-0.2, 0) is 53.0 Å². The first kappa shape index (κ1) is 56.4. The molecule has 8 aromatic rings. The smallest absolute Gasteiger partial charge is 0.343 e. The van der Waals surface area contributed by atoms with Gasteiger partial charge in [0.05, 0.1) is 40.0 Å². The highest BCUT2D eigenvalue weighted by Gasteiger charge is 2.63. The van der Waals surface area contributed by atoms with Crippen LogP contribution in [0.25, 0.3) is 10.8 Å². The van der Waals surface area contributed by atoms with Crippen molar-refractivity contribution in [2.24, 2.45) is 0 Å². The van der Waals surface area contributed by atoms with Crippen LogP contribution in [0, 0.1) is 0 Å². The van der Waals surface area contributed by atoms with Gasteiger partial charge in [-0.3, -0.25) is 4.79 Å². The van der Waals surface area contributed by atoms with E-state index in [9.17, 15) is 38.7 Å². The molecule has 10 rings (SSSR count). The summed E-state index contributed by atoms with van der Waals surface area (Å²) in [7, 11) is 0. The Hall–Kier alpha value is -9.85. The van der Waals surface area contributed by atoms with E-state index in [0.717, 1.165) is 6.92 Å². The lowest BCUT2D eigenvalue weighted by Gasteiger charge is -2.50. The minimum atomic E-state index is -2.58. The number of fused-ring (bicyclic) bond motifs is 1. The fourth-order valence-electron chi connectivity index (χ4n) is 9.72. The van der Waals surface area contributed by atoms with Gasteiger partial charge in [0.25, 0.3) is 0 Å². The number of aliphatic hydroxyl groups is 1. The molecule has 0 spiro atoms. The maximum atomic E-state index is 14.6. The molecule has 0 saturated carbocycles. The lowest BCUT2D eigenvalue weighted by molar-refractivity contribution is -0.357. The number of ether oxygens (including phenoxy) is 10. The Morgan fingerprint density at radius 1 is 0.494 bits per heavy atom. The predicted molar refractivity (Wildman–Crippen MR) is 294 cm³/mol. The molecule has 8 aromatic carbocycles. The maximum Gasteiger partial charge on any atom is 0.343 e. The van der Waals surface area contributed by atoms with E-state index in [1.807, 2.05) is 0 Å². The number of hydrogen-bond donors (Lipinski definition) is 1. The summed E-state index contributed by atoms with van der Waals surface area (Å²) in [6, 6.07) is 56.6. The molecule has 2 aliphatic heterocycles. The van der Waals surface area contributed by atoms with Gasteiger partial charge < -0.3 is 52.5 Å². The first-order valence-corrected chi connectivity index (χ1v) is 26.2. The summed E-state index contributed by atoms with van der Waals surface area (Å²) in [5.74, 6) is -6.26. The van der Waals surface area contributed by atoms with Crippen molar-refractivity contribution in [3.8, 4) is 5.75 Å². The molecule has 83 heavy (non-hydrogen) atoms. The summed E-state index contributed by atoms with van der Waals surface area (Å²) in [5, 5.41) is 13.2. The molecule has 18 nitrogen and oxygen atoms in total. The summed E-state index contributed by atoms with van der Waals surface area (Å²) in [6.45, 7) is -0.311. The van der Waals surface area contributed by atoms with Crippen molar-refractivity contribution in [1.82, 2.24) is 0 Å². The van der Waals surface area contributed by atoms with E-state index in [1.54, 1.807) is 146 Å². The molecule has 2 aliphatic rings. The van der Waals surface area contributed by atoms with E-state index in [4.69, 9.17) is 47.4 Å². The van der Waals surface area contributed by atoms with Crippen molar-refractivity contribution in [2.45, 2.75) is 61.7 Å². The Balaban J connectivity index is 1.11. The van der Waals surface area contributed by atoms with Crippen molar-refractivity contribution >= 4 is 52.6 Å². The molecule has 0 aromatic heterocycles. The number of carbonyl (C=O) groups is 7. The maximum absolute atomic E-state index is 14.6. The largest absolute Gasteiger partial charge is 0.459 e. The van der Waals surface area contributed by atoms with E-state index < -0.39 is 110 Å². The minimum Gasteiger partial charge on any atom is -0.459 e. The molecule has 1 N–H and O–H groups in total. The van der Waals surface area contributed by atoms with Crippen LogP contribution in [0.1, 0.15) is 74.6 Å². The van der Waals surface area contributed by atoms with Gasteiger partial charge in [0.15, 0.2) is 30.7 Å². The topological polar surface area (TPSA) is 232 Å². The van der Waals surface area contributed by atoms with Crippen LogP contribution in [0.2, 0.25) is 0 Å². The Kier molecular flexibility index (Phi) is 17.5. The van der Waals surface area contributed by atoms with Crippen LogP contribution in [0.4, 0.5) is 0 Å². The highest BCUT2D eigenvalue weighted by atomic mass is 16.8. The lowest BCUT2D eigenvalue weighted by Crippen LogP contribution is -2.67. The number of aliphatic hydroxyl groups excluding tert-OH is 1. The molecule has 18 heteroatoms. The van der Waals surface area contributed by atoms with Crippen LogP contribution in [0.15, 0.2) is 218 Å². The van der Waals surface area contributed by atoms with Gasteiger partial charge in [-0.15, -0.1) is 0 Å². The SMILES string of the molecule is CC(=O)O[C@H]1[C@H](O[C@@H]2O[C@H](COC(=O)c3ccccc3)[C@H](OC(=O)c3ccccc3)[C@H](OC(=O)c3ccccc3)[C@H]2OC(=O)c2ccccc2)CO[C@@H](O)[C@@]1(OC(=O)c1ccccc1)c1cccc2cc(OC(=O)c3ccccc3)ccc12. The molecular formula is C65H52O18. The van der Waals surface area contributed by atoms with Gasteiger partial charge in [0.1, 0.15) is 24.6 Å². The first-order chi connectivity index (χ1) is 40.4. The Morgan fingerprint density at radius 3 is 1.46 bits per heavy atom. The highest BCUT2D eigenvalue weighted by Crippen LogP contribution is 2.46. The molecule has 2 saturated heterocycles. The zero-order chi connectivity index (χ0) is 57.9. The summed E-state index contributed by atoms with van der Waals surface area (Å²) >= 11 is 0. The number of benzene rings is 8. The molecule has 9 atom stereocenters. The molecular weight excluding hydrogens is 1070 g/mol. The molecule has 420 valence electrons. The van der Waals surface area contributed by atoms with Crippen molar-refractivity contribution in [3.05, 3.63) is 257 Å². The van der Waals surface area contributed by atoms with Crippen molar-refractivity contribution in [3.63, 3.8) is 0 Å². The zero-order valence-corrected chi connectivity index (χ0v) is 44.2. The summed E-state index contributed by atoms with van der Waals surface area (Å²) < 4.78 is 62.7. The minimum absolute atomic E-state index is 0.00889. The van der Waals surface area contributed by atoms with Crippen LogP contribution in [-0.4, -0.2) is 109 Å². The van der Waals surface area contributed by atoms with Gasteiger partial charge in [-0.05, 0) is 95.7 Å². The molecule has 0 amide bonds. The van der Waals surface area contributed by atoms with Crippen LogP contribution in [0.5, 0.6) is 5.75 Å². The van der Waals surface area contributed by atoms with E-state index in [2.05, 4.69) is 0 Å². The average Bonchev–Trinajstić information content (AvgIpc) is 1.33. The highest BCUT2D eigenvalue weighted by molar-refractivity contribution is 5.95. The van der Waals surface area contributed by atoms with Gasteiger partial charge in [-0.1, -0.05) is 133 Å². The molecule has 2 fully saturated rings. The Morgan fingerprint density at radius 2 is 0.952 bits per heavy atom. The van der Waals surface area contributed by atoms with Gasteiger partial charge >= 0.3 is 41.8 Å². The standard InChI is InChI=1S/C65H52O18/c1-40(66)76-56-52(39-75-64(73)65(56,83-62(72)46-31-18-7-19-32-46)50-34-20-33-47-37-48(35-36-49(47)50)77-58(68)42-23-10-3-11-24-42)79-63-55(82-61(71)45-29-16-6-17-30-45)54(81-60(70)44-27-14-5-15-28-44)53(80-59(69)43-25-12-4-13-26-43)51(78-63)38-74-57(67)41-21-8-2-9-22-41/h2-37,51-56,63-64,73H,38-39H2,1H3/t51-,52-,53+,54+,55-,56+,63+,64-,65-/m1/s1. The third-order valence-corrected chi connectivity index (χ3v) is 13.6. The van der Waals surface area contributed by atoms with Crippen molar-refractivity contribution < 1.29 is 86.0 Å². The van der Waals surface area contributed by atoms with Crippen LogP contribution in [0.3, 0.4) is 0 Å². The van der Waals surface area contributed by atoms with E-state index >= 15 is 0 Å². The van der Waals surface area contributed by atoms with E-state index in [-0.39, 0.29) is 50.1 Å². The number of hydrogen-bond acceptors (Lipinski definition) is 18. The van der Waals surface area contributed by atoms with E-state index in [0.29, 0.717) is 5.39 Å². The number of rotatable bonds is 17. The normalized spacial score (nSPS) is 22.0. The Labute approximate surface area is 474 Å². The third-order valence-electron chi connectivity index (χ3n) is 13.6. The fourth-order valence-corrected chi connectivity index (χ4v) is 9.72. The Bertz CT molecular complexity index is 3590. The van der Waals surface area contributed by atoms with Gasteiger partial charge in [0, 0.05) is 12.5 Å².